The molecular formula is C56H82N2O6S2. The lowest BCUT2D eigenvalue weighted by molar-refractivity contribution is 0.0243. The van der Waals surface area contributed by atoms with Crippen LogP contribution in [0.1, 0.15) is 113 Å². The number of piperidine rings is 2. The summed E-state index contributed by atoms with van der Waals surface area (Å²) in [6, 6.07) is 8.19. The van der Waals surface area contributed by atoms with E-state index in [2.05, 4.69) is 77.3 Å². The third kappa shape index (κ3) is 11.9. The molecule has 0 aliphatic carbocycles. The fourth-order valence-electron chi connectivity index (χ4n) is 10.3. The van der Waals surface area contributed by atoms with Crippen molar-refractivity contribution in [3.63, 3.8) is 0 Å². The standard InChI is InChI=1S/2C28H41NO3S/c2*1-17-13-26(23(7)21(5)19(17)3)15-25-9-10-29(16-27(25)30)11-12-33(31,32)28-14-18(2)20(4)22(6)24(28)8/h2*13-14,25,27,30H,9-12,15-16H2,1-8H3/t25-,27-;/m1./s1. The molecule has 8 nitrogen and oxygen atoms in total. The highest BCUT2D eigenvalue weighted by molar-refractivity contribution is 7.91. The van der Waals surface area contributed by atoms with Crippen molar-refractivity contribution in [2.45, 2.75) is 158 Å². The number of nitrogens with zero attached hydrogens (tertiary/aromatic N) is 2. The molecule has 0 aromatic heterocycles. The van der Waals surface area contributed by atoms with Crippen LogP contribution in [0.15, 0.2) is 34.1 Å². The second-order valence-corrected chi connectivity index (χ2v) is 24.6. The van der Waals surface area contributed by atoms with Gasteiger partial charge in [0, 0.05) is 26.2 Å². The maximum absolute atomic E-state index is 13.1. The molecule has 66 heavy (non-hydrogen) atoms. The van der Waals surface area contributed by atoms with E-state index in [4.69, 9.17) is 0 Å². The topological polar surface area (TPSA) is 115 Å². The molecule has 0 amide bonds. The number of aliphatic hydroxyl groups excluding tert-OH is 2. The van der Waals surface area contributed by atoms with Crippen molar-refractivity contribution >= 4 is 19.7 Å². The van der Waals surface area contributed by atoms with Gasteiger partial charge in [-0.2, -0.15) is 0 Å². The Morgan fingerprint density at radius 2 is 0.712 bits per heavy atom. The van der Waals surface area contributed by atoms with E-state index in [1.807, 2.05) is 67.5 Å². The molecule has 0 bridgehead atoms. The van der Waals surface area contributed by atoms with Gasteiger partial charge in [0.2, 0.25) is 0 Å². The van der Waals surface area contributed by atoms with Crippen LogP contribution in [0.25, 0.3) is 0 Å². The number of sulfone groups is 2. The van der Waals surface area contributed by atoms with Crippen molar-refractivity contribution in [3.05, 3.63) is 124 Å². The van der Waals surface area contributed by atoms with E-state index >= 15 is 0 Å². The number of aryl methyl sites for hydroxylation is 4. The van der Waals surface area contributed by atoms with Crippen LogP contribution in [0.4, 0.5) is 0 Å². The Morgan fingerprint density at radius 3 is 1.02 bits per heavy atom. The predicted molar refractivity (Wildman–Crippen MR) is 274 cm³/mol. The van der Waals surface area contributed by atoms with E-state index in [1.54, 1.807) is 0 Å². The molecule has 10 heteroatoms. The molecule has 4 atom stereocenters. The summed E-state index contributed by atoms with van der Waals surface area (Å²) < 4.78 is 52.6. The number of likely N-dealkylation sites (tertiary alicyclic amines) is 2. The largest absolute Gasteiger partial charge is 0.391 e. The maximum atomic E-state index is 13.1. The number of aliphatic hydroxyl groups is 2. The van der Waals surface area contributed by atoms with Crippen LogP contribution in [-0.4, -0.2) is 99.8 Å². The van der Waals surface area contributed by atoms with Crippen LogP contribution in [-0.2, 0) is 32.5 Å². The molecule has 2 fully saturated rings. The summed E-state index contributed by atoms with van der Waals surface area (Å²) in [5.74, 6) is 0.594. The first-order valence-electron chi connectivity index (χ1n) is 24.2. The van der Waals surface area contributed by atoms with Gasteiger partial charge in [-0.05, 0) is 274 Å². The fraction of sp³-hybridized carbons (Fsp3) is 0.571. The van der Waals surface area contributed by atoms with E-state index in [-0.39, 0.29) is 23.3 Å². The molecule has 2 aliphatic heterocycles. The number of β-amino-alcohol motifs (C(OH)–C–C–N with tert-alkyl or cyclic N) is 2. The SMILES string of the molecule is Cc1cc(CC2CCN(CCS(=O)(=O)c3cc(C)c(C)c(C)c3C)CC2O)c(C)c(C)c1C.Cc1cc(C[C@H]2CCN(CCS(=O)(=O)c3cc(C)c(C)c(C)c3C)C[C@H]2O)c(C)c(C)c1C. The Balaban J connectivity index is 0.000000247. The second kappa shape index (κ2) is 21.5. The molecule has 2 saturated heterocycles. The number of hydrogen-bond acceptors (Lipinski definition) is 8. The van der Waals surface area contributed by atoms with Gasteiger partial charge in [0.05, 0.1) is 33.5 Å². The van der Waals surface area contributed by atoms with Gasteiger partial charge in [0.15, 0.2) is 19.7 Å². The molecule has 2 N–H and O–H groups in total. The van der Waals surface area contributed by atoms with Crippen molar-refractivity contribution in [1.82, 2.24) is 9.80 Å². The third-order valence-corrected chi connectivity index (χ3v) is 20.3. The molecule has 6 rings (SSSR count). The second-order valence-electron chi connectivity index (χ2n) is 20.5. The Morgan fingerprint density at radius 1 is 0.424 bits per heavy atom. The van der Waals surface area contributed by atoms with Crippen molar-refractivity contribution in [3.8, 4) is 0 Å². The molecule has 4 aromatic rings. The van der Waals surface area contributed by atoms with E-state index in [1.165, 1.54) is 55.6 Å². The lowest BCUT2D eigenvalue weighted by atomic mass is 9.84. The van der Waals surface area contributed by atoms with Gasteiger partial charge in [-0.25, -0.2) is 16.8 Å². The minimum Gasteiger partial charge on any atom is -0.391 e. The predicted octanol–water partition coefficient (Wildman–Crippen LogP) is 9.71. The highest BCUT2D eigenvalue weighted by Crippen LogP contribution is 2.32. The first-order chi connectivity index (χ1) is 30.7. The van der Waals surface area contributed by atoms with Crippen LogP contribution in [0, 0.1) is 123 Å². The van der Waals surface area contributed by atoms with Crippen molar-refractivity contribution in [1.29, 1.82) is 0 Å². The Kier molecular flexibility index (Phi) is 17.5. The Bertz CT molecular complexity index is 2480. The quantitative estimate of drug-likeness (QED) is 0.144. The fourth-order valence-corrected chi connectivity index (χ4v) is 13.7. The van der Waals surface area contributed by atoms with Crippen molar-refractivity contribution in [2.24, 2.45) is 11.8 Å². The van der Waals surface area contributed by atoms with E-state index in [9.17, 15) is 27.0 Å². The lowest BCUT2D eigenvalue weighted by Crippen LogP contribution is -2.46. The van der Waals surface area contributed by atoms with E-state index in [0.717, 1.165) is 83.3 Å². The molecular weight excluding hydrogens is 861 g/mol. The van der Waals surface area contributed by atoms with Crippen molar-refractivity contribution in [2.75, 3.05) is 50.8 Å². The van der Waals surface area contributed by atoms with Gasteiger partial charge in [-0.1, -0.05) is 12.1 Å². The van der Waals surface area contributed by atoms with Gasteiger partial charge in [-0.3, -0.25) is 9.80 Å². The van der Waals surface area contributed by atoms with Crippen LogP contribution >= 0.6 is 0 Å². The van der Waals surface area contributed by atoms with E-state index in [0.29, 0.717) is 36.0 Å². The van der Waals surface area contributed by atoms with Crippen LogP contribution in [0.3, 0.4) is 0 Å². The summed E-state index contributed by atoms with van der Waals surface area (Å²) >= 11 is 0. The molecule has 0 spiro atoms. The smallest absolute Gasteiger partial charge is 0.179 e. The first-order valence-corrected chi connectivity index (χ1v) is 27.5. The van der Waals surface area contributed by atoms with Crippen LogP contribution in [0.2, 0.25) is 0 Å². The highest BCUT2D eigenvalue weighted by atomic mass is 32.2. The summed E-state index contributed by atoms with van der Waals surface area (Å²) in [6.07, 6.45) is 2.65. The number of rotatable bonds is 12. The lowest BCUT2D eigenvalue weighted by Gasteiger charge is -2.36. The molecule has 0 radical (unpaired) electrons. The number of hydrogen-bond donors (Lipinski definition) is 2. The average Bonchev–Trinajstić information content (AvgIpc) is 3.27. The Labute approximate surface area is 400 Å². The van der Waals surface area contributed by atoms with Gasteiger partial charge < -0.3 is 10.2 Å². The molecule has 2 heterocycles. The zero-order chi connectivity index (χ0) is 49.3. The van der Waals surface area contributed by atoms with E-state index < -0.39 is 31.9 Å². The number of benzene rings is 4. The summed E-state index contributed by atoms with van der Waals surface area (Å²) in [7, 11) is -6.75. The molecule has 2 aliphatic rings. The van der Waals surface area contributed by atoms with Gasteiger partial charge in [0.25, 0.3) is 0 Å². The zero-order valence-electron chi connectivity index (χ0n) is 43.3. The monoisotopic (exact) mass is 943 g/mol. The summed E-state index contributed by atoms with van der Waals surface area (Å²) in [5.41, 5.74) is 21.5. The zero-order valence-corrected chi connectivity index (χ0v) is 45.0. The van der Waals surface area contributed by atoms with Gasteiger partial charge >= 0.3 is 0 Å². The van der Waals surface area contributed by atoms with Gasteiger partial charge in [-0.15, -0.1) is 0 Å². The van der Waals surface area contributed by atoms with Crippen LogP contribution in [0.5, 0.6) is 0 Å². The van der Waals surface area contributed by atoms with Crippen LogP contribution < -0.4 is 0 Å². The third-order valence-electron chi connectivity index (χ3n) is 16.6. The minimum atomic E-state index is -3.37. The molecule has 2 unspecified atom stereocenters. The maximum Gasteiger partial charge on any atom is 0.179 e. The summed E-state index contributed by atoms with van der Waals surface area (Å²) in [5, 5.41) is 21.8. The molecule has 0 saturated carbocycles. The molecule has 4 aromatic carbocycles. The minimum absolute atomic E-state index is 0.0859. The summed E-state index contributed by atoms with van der Waals surface area (Å²) in [4.78, 5) is 5.14. The molecule has 364 valence electrons. The van der Waals surface area contributed by atoms with Gasteiger partial charge in [0.1, 0.15) is 0 Å². The van der Waals surface area contributed by atoms with Crippen molar-refractivity contribution < 1.29 is 27.0 Å². The summed E-state index contributed by atoms with van der Waals surface area (Å²) in [6.45, 7) is 36.8. The first kappa shape index (κ1) is 53.6. The highest BCUT2D eigenvalue weighted by Gasteiger charge is 2.32. The normalized spacial score (nSPS) is 19.8. The Hall–Kier alpha value is -3.38. The average molecular weight is 943 g/mol.